The summed E-state index contributed by atoms with van der Waals surface area (Å²) in [6, 6.07) is 6.14. The van der Waals surface area contributed by atoms with Gasteiger partial charge in [0.05, 0.1) is 11.0 Å². The number of aromatic nitrogens is 2. The molecule has 124 valence electrons. The summed E-state index contributed by atoms with van der Waals surface area (Å²) in [7, 11) is 0. The summed E-state index contributed by atoms with van der Waals surface area (Å²) >= 11 is 0. The second-order valence-electron chi connectivity index (χ2n) is 7.41. The molecule has 2 aromatic rings. The van der Waals surface area contributed by atoms with E-state index in [-0.39, 0.29) is 23.5 Å². The van der Waals surface area contributed by atoms with Crippen molar-refractivity contribution in [2.75, 3.05) is 0 Å². The number of rotatable bonds is 3. The number of hydrogen-bond donors (Lipinski definition) is 1. The number of carbonyl (C=O) groups is 2. The van der Waals surface area contributed by atoms with E-state index in [0.29, 0.717) is 19.0 Å². The molecule has 2 aliphatic carbocycles. The smallest absolute Gasteiger partial charge is 0.224 e. The van der Waals surface area contributed by atoms with Gasteiger partial charge in [-0.3, -0.25) is 9.59 Å². The Bertz CT molecular complexity index is 848. The average molecular weight is 323 g/mol. The largest absolute Gasteiger partial charge is 0.353 e. The Balaban J connectivity index is 1.42. The molecule has 3 aliphatic rings. The first-order chi connectivity index (χ1) is 11.7. The number of ketones is 1. The molecule has 5 nitrogen and oxygen atoms in total. The summed E-state index contributed by atoms with van der Waals surface area (Å²) in [6.45, 7) is 0.690. The van der Waals surface area contributed by atoms with Gasteiger partial charge >= 0.3 is 0 Å². The Labute approximate surface area is 140 Å². The van der Waals surface area contributed by atoms with Crippen LogP contribution < -0.4 is 5.32 Å². The monoisotopic (exact) mass is 323 g/mol. The molecule has 5 rings (SSSR count). The van der Waals surface area contributed by atoms with Crippen molar-refractivity contribution in [2.24, 2.45) is 5.92 Å². The van der Waals surface area contributed by atoms with E-state index < -0.39 is 0 Å². The fourth-order valence-electron chi connectivity index (χ4n) is 4.43. The molecule has 1 aromatic heterocycles. The topological polar surface area (TPSA) is 64.0 Å². The highest BCUT2D eigenvalue weighted by Gasteiger charge is 2.47. The first-order valence-corrected chi connectivity index (χ1v) is 9.05. The van der Waals surface area contributed by atoms with Gasteiger partial charge in [0.2, 0.25) is 5.91 Å². The Kier molecular flexibility index (Phi) is 3.05. The first-order valence-electron chi connectivity index (χ1n) is 9.05. The van der Waals surface area contributed by atoms with E-state index in [0.717, 1.165) is 41.7 Å². The van der Waals surface area contributed by atoms with E-state index in [4.69, 9.17) is 4.98 Å². The van der Waals surface area contributed by atoms with Gasteiger partial charge in [0.25, 0.3) is 0 Å². The zero-order chi connectivity index (χ0) is 16.3. The van der Waals surface area contributed by atoms with Crippen molar-refractivity contribution in [3.05, 3.63) is 29.6 Å². The van der Waals surface area contributed by atoms with Gasteiger partial charge in [0.15, 0.2) is 5.78 Å². The normalized spacial score (nSPS) is 26.1. The first kappa shape index (κ1) is 14.2. The maximum absolute atomic E-state index is 12.5. The van der Waals surface area contributed by atoms with Crippen molar-refractivity contribution in [3.8, 4) is 0 Å². The van der Waals surface area contributed by atoms with Crippen LogP contribution in [0, 0.1) is 5.92 Å². The summed E-state index contributed by atoms with van der Waals surface area (Å²) in [4.78, 5) is 29.4. The van der Waals surface area contributed by atoms with E-state index in [1.54, 1.807) is 0 Å². The minimum atomic E-state index is 0.0553. The van der Waals surface area contributed by atoms with Crippen molar-refractivity contribution in [1.29, 1.82) is 0 Å². The van der Waals surface area contributed by atoms with Gasteiger partial charge in [-0.1, -0.05) is 18.9 Å². The molecule has 2 fully saturated rings. The molecule has 2 heterocycles. The molecule has 1 aliphatic heterocycles. The van der Waals surface area contributed by atoms with Crippen LogP contribution in [0.15, 0.2) is 18.2 Å². The lowest BCUT2D eigenvalue weighted by atomic mass is 10.0. The Morgan fingerprint density at radius 2 is 2.08 bits per heavy atom. The Morgan fingerprint density at radius 3 is 2.92 bits per heavy atom. The molecule has 2 atom stereocenters. The quantitative estimate of drug-likeness (QED) is 0.944. The molecular weight excluding hydrogens is 302 g/mol. The summed E-state index contributed by atoms with van der Waals surface area (Å²) in [6.07, 6.45) is 6.10. The van der Waals surface area contributed by atoms with Crippen LogP contribution in [0.5, 0.6) is 0 Å². The molecule has 0 radical (unpaired) electrons. The average Bonchev–Trinajstić information content (AvgIpc) is 3.04. The van der Waals surface area contributed by atoms with Gasteiger partial charge in [-0.05, 0) is 31.4 Å². The van der Waals surface area contributed by atoms with Crippen LogP contribution in [0.1, 0.15) is 60.6 Å². The third-order valence-electron chi connectivity index (χ3n) is 5.82. The van der Waals surface area contributed by atoms with Gasteiger partial charge < -0.3 is 9.88 Å². The van der Waals surface area contributed by atoms with Gasteiger partial charge in [0.1, 0.15) is 5.82 Å². The molecule has 24 heavy (non-hydrogen) atoms. The highest BCUT2D eigenvalue weighted by molar-refractivity contribution is 6.07. The van der Waals surface area contributed by atoms with E-state index in [2.05, 4.69) is 9.88 Å². The number of carbonyl (C=O) groups excluding carboxylic acids is 2. The fraction of sp³-hybridized carbons (Fsp3) is 0.526. The van der Waals surface area contributed by atoms with Crippen LogP contribution >= 0.6 is 0 Å². The van der Waals surface area contributed by atoms with Crippen LogP contribution in [0.25, 0.3) is 11.0 Å². The SMILES string of the molecule is O=C1CCn2c(C3CC3C(=O)NC3CCCC3)nc3cccc1c32. The zero-order valence-electron chi connectivity index (χ0n) is 13.6. The van der Waals surface area contributed by atoms with Gasteiger partial charge in [0, 0.05) is 36.4 Å². The van der Waals surface area contributed by atoms with Crippen molar-refractivity contribution in [3.63, 3.8) is 0 Å². The van der Waals surface area contributed by atoms with E-state index in [1.165, 1.54) is 12.8 Å². The number of benzene rings is 1. The molecule has 1 amide bonds. The highest BCUT2D eigenvalue weighted by Crippen LogP contribution is 2.48. The van der Waals surface area contributed by atoms with Crippen LogP contribution in [0.3, 0.4) is 0 Å². The molecule has 0 spiro atoms. The number of nitrogens with one attached hydrogen (secondary N) is 1. The standard InChI is InChI=1S/C19H21N3O2/c23-16-8-9-22-17-12(16)6-3-7-15(17)21-18(22)13-10-14(13)19(24)20-11-4-1-2-5-11/h3,6-7,11,13-14H,1-2,4-5,8-10H2,(H,20,24). The van der Waals surface area contributed by atoms with Gasteiger partial charge in [-0.15, -0.1) is 0 Å². The van der Waals surface area contributed by atoms with Gasteiger partial charge in [-0.2, -0.15) is 0 Å². The van der Waals surface area contributed by atoms with E-state index in [9.17, 15) is 9.59 Å². The van der Waals surface area contributed by atoms with E-state index >= 15 is 0 Å². The van der Waals surface area contributed by atoms with Crippen molar-refractivity contribution in [2.45, 2.75) is 57.0 Å². The highest BCUT2D eigenvalue weighted by atomic mass is 16.2. The minimum Gasteiger partial charge on any atom is -0.353 e. The summed E-state index contributed by atoms with van der Waals surface area (Å²) < 4.78 is 2.18. The van der Waals surface area contributed by atoms with Crippen LogP contribution in [0.4, 0.5) is 0 Å². The lowest BCUT2D eigenvalue weighted by molar-refractivity contribution is -0.123. The number of para-hydroxylation sites is 1. The molecule has 2 unspecified atom stereocenters. The summed E-state index contributed by atoms with van der Waals surface area (Å²) in [5.74, 6) is 1.65. The third kappa shape index (κ3) is 2.10. The predicted molar refractivity (Wildman–Crippen MR) is 89.9 cm³/mol. The molecule has 5 heteroatoms. The number of amides is 1. The van der Waals surface area contributed by atoms with Crippen molar-refractivity contribution < 1.29 is 9.59 Å². The lowest BCUT2D eigenvalue weighted by Crippen LogP contribution is -2.34. The Morgan fingerprint density at radius 1 is 1.25 bits per heavy atom. The third-order valence-corrected chi connectivity index (χ3v) is 5.82. The number of Topliss-reactive ketones (excluding diaryl/α,β-unsaturated/α-hetero) is 1. The van der Waals surface area contributed by atoms with E-state index in [1.807, 2.05) is 18.2 Å². The molecule has 1 aromatic carbocycles. The van der Waals surface area contributed by atoms with Crippen LogP contribution in [-0.2, 0) is 11.3 Å². The number of aryl methyl sites for hydroxylation is 1. The zero-order valence-corrected chi connectivity index (χ0v) is 13.6. The summed E-state index contributed by atoms with van der Waals surface area (Å²) in [5, 5.41) is 3.21. The van der Waals surface area contributed by atoms with Gasteiger partial charge in [-0.25, -0.2) is 4.98 Å². The molecule has 1 N–H and O–H groups in total. The van der Waals surface area contributed by atoms with Crippen LogP contribution in [0.2, 0.25) is 0 Å². The fourth-order valence-corrected chi connectivity index (χ4v) is 4.43. The molecule has 0 saturated heterocycles. The minimum absolute atomic E-state index is 0.0553. The lowest BCUT2D eigenvalue weighted by Gasteiger charge is -2.16. The second-order valence-corrected chi connectivity index (χ2v) is 7.41. The second kappa shape index (κ2) is 5.16. The molecular formula is C19H21N3O2. The predicted octanol–water partition coefficient (Wildman–Crippen LogP) is 2.79. The van der Waals surface area contributed by atoms with Crippen molar-refractivity contribution >= 4 is 22.7 Å². The molecule has 0 bridgehead atoms. The van der Waals surface area contributed by atoms with Crippen molar-refractivity contribution in [1.82, 2.24) is 14.9 Å². The van der Waals surface area contributed by atoms with Crippen LogP contribution in [-0.4, -0.2) is 27.3 Å². The number of nitrogens with zero attached hydrogens (tertiary/aromatic N) is 2. The maximum atomic E-state index is 12.5. The Hall–Kier alpha value is -2.17. The maximum Gasteiger partial charge on any atom is 0.224 e. The number of hydrogen-bond acceptors (Lipinski definition) is 3. The molecule has 2 saturated carbocycles. The number of imidazole rings is 1. The summed E-state index contributed by atoms with van der Waals surface area (Å²) in [5.41, 5.74) is 2.63.